The number of fused-ring (bicyclic) bond motifs is 1. The molecule has 1 N–H and O–H groups in total. The number of thiophene rings is 1. The van der Waals surface area contributed by atoms with Gasteiger partial charge in [0.1, 0.15) is 6.61 Å². The van der Waals surface area contributed by atoms with Crippen LogP contribution in [0.25, 0.3) is 0 Å². The fraction of sp³-hybridized carbons (Fsp3) is 0.636. The second-order valence-corrected chi connectivity index (χ2v) is 6.92. The molecule has 1 aromatic rings. The van der Waals surface area contributed by atoms with Gasteiger partial charge in [0.05, 0.1) is 11.9 Å². The van der Waals surface area contributed by atoms with Gasteiger partial charge in [0, 0.05) is 17.4 Å². The summed E-state index contributed by atoms with van der Waals surface area (Å²) in [5.74, 6) is 1.47. The van der Waals surface area contributed by atoms with Gasteiger partial charge in [-0.05, 0) is 13.3 Å². The molecule has 1 aliphatic rings. The molecular weight excluding hydrogens is 315 g/mol. The Hall–Kier alpha value is 0.170. The van der Waals surface area contributed by atoms with Crippen LogP contribution in [0.5, 0.6) is 11.5 Å². The van der Waals surface area contributed by atoms with E-state index in [1.165, 1.54) is 18.3 Å². The number of ether oxygens (including phenoxy) is 3. The van der Waals surface area contributed by atoms with Crippen molar-refractivity contribution in [3.8, 4) is 11.5 Å². The molecule has 0 saturated heterocycles. The molecular formula is C11H17NaO6S2. The molecule has 0 saturated carbocycles. The van der Waals surface area contributed by atoms with Gasteiger partial charge < -0.3 is 14.2 Å². The summed E-state index contributed by atoms with van der Waals surface area (Å²) < 4.78 is 46.8. The monoisotopic (exact) mass is 332 g/mol. The van der Waals surface area contributed by atoms with Gasteiger partial charge >= 0.3 is 29.6 Å². The van der Waals surface area contributed by atoms with Crippen molar-refractivity contribution < 1.29 is 27.2 Å². The van der Waals surface area contributed by atoms with E-state index in [1.54, 1.807) is 0 Å². The van der Waals surface area contributed by atoms with Crippen LogP contribution in [0.15, 0.2) is 10.8 Å². The molecule has 20 heavy (non-hydrogen) atoms. The Bertz CT molecular complexity index is 515. The zero-order valence-electron chi connectivity index (χ0n) is 10.4. The number of hydrogen-bond acceptors (Lipinski definition) is 6. The molecule has 0 amide bonds. The van der Waals surface area contributed by atoms with Crippen LogP contribution in [-0.2, 0) is 14.9 Å². The first kappa shape index (κ1) is 18.2. The van der Waals surface area contributed by atoms with E-state index in [-0.39, 0.29) is 48.7 Å². The standard InChI is InChI=1S/C11H16O6S2.Na.H/c1-8(19(12,13)14)2-3-15-4-9-5-16-10-6-18-7-11(10)17-9;;/h6-9H,2-5H2,1H3,(H,12,13,14);;. The third kappa shape index (κ3) is 5.18. The van der Waals surface area contributed by atoms with E-state index in [0.29, 0.717) is 13.2 Å². The Morgan fingerprint density at radius 1 is 1.50 bits per heavy atom. The van der Waals surface area contributed by atoms with Crippen molar-refractivity contribution in [3.63, 3.8) is 0 Å². The molecule has 0 aromatic carbocycles. The Morgan fingerprint density at radius 3 is 2.90 bits per heavy atom. The summed E-state index contributed by atoms with van der Waals surface area (Å²) in [6.45, 7) is 2.43. The number of hydrogen-bond donors (Lipinski definition) is 1. The van der Waals surface area contributed by atoms with Gasteiger partial charge in [0.2, 0.25) is 0 Å². The van der Waals surface area contributed by atoms with E-state index in [9.17, 15) is 8.42 Å². The first-order valence-corrected chi connectivity index (χ1v) is 8.31. The molecule has 0 aliphatic carbocycles. The van der Waals surface area contributed by atoms with Crippen molar-refractivity contribution in [3.05, 3.63) is 10.8 Å². The fourth-order valence-corrected chi connectivity index (χ4v) is 2.62. The molecule has 110 valence electrons. The zero-order chi connectivity index (χ0) is 13.9. The summed E-state index contributed by atoms with van der Waals surface area (Å²) in [5.41, 5.74) is 0. The SMILES string of the molecule is CC(CCOCC1COc2cscc2O1)S(=O)(=O)O.[NaH]. The van der Waals surface area contributed by atoms with E-state index in [4.69, 9.17) is 18.8 Å². The molecule has 2 rings (SSSR count). The van der Waals surface area contributed by atoms with Crippen LogP contribution in [0, 0.1) is 0 Å². The van der Waals surface area contributed by atoms with Gasteiger partial charge in [-0.3, -0.25) is 4.55 Å². The average Bonchev–Trinajstić information content (AvgIpc) is 2.80. The minimum atomic E-state index is -3.98. The number of rotatable bonds is 6. The Kier molecular flexibility index (Phi) is 7.27. The first-order valence-electron chi connectivity index (χ1n) is 5.86. The van der Waals surface area contributed by atoms with Crippen LogP contribution < -0.4 is 9.47 Å². The molecule has 1 aromatic heterocycles. The molecule has 1 aliphatic heterocycles. The van der Waals surface area contributed by atoms with Crippen molar-refractivity contribution in [2.75, 3.05) is 19.8 Å². The quantitative estimate of drug-likeness (QED) is 0.474. The van der Waals surface area contributed by atoms with Gasteiger partial charge in [-0.25, -0.2) is 0 Å². The van der Waals surface area contributed by atoms with Gasteiger partial charge in [-0.1, -0.05) is 0 Å². The van der Waals surface area contributed by atoms with E-state index < -0.39 is 15.4 Å². The third-order valence-electron chi connectivity index (χ3n) is 2.79. The normalized spacial score (nSPS) is 19.2. The van der Waals surface area contributed by atoms with Crippen molar-refractivity contribution in [2.24, 2.45) is 0 Å². The third-order valence-corrected chi connectivity index (χ3v) is 4.75. The van der Waals surface area contributed by atoms with Gasteiger partial charge in [-0.15, -0.1) is 11.3 Å². The minimum absolute atomic E-state index is 0. The first-order chi connectivity index (χ1) is 8.97. The van der Waals surface area contributed by atoms with E-state index in [0.717, 1.165) is 11.5 Å². The van der Waals surface area contributed by atoms with Gasteiger partial charge in [0.25, 0.3) is 10.1 Å². The van der Waals surface area contributed by atoms with Gasteiger partial charge in [-0.2, -0.15) is 8.42 Å². The molecule has 2 heterocycles. The van der Waals surface area contributed by atoms with Crippen molar-refractivity contribution in [2.45, 2.75) is 24.7 Å². The van der Waals surface area contributed by atoms with E-state index in [1.807, 2.05) is 10.8 Å². The van der Waals surface area contributed by atoms with E-state index in [2.05, 4.69) is 0 Å². The van der Waals surface area contributed by atoms with Crippen LogP contribution >= 0.6 is 11.3 Å². The molecule has 0 spiro atoms. The van der Waals surface area contributed by atoms with Crippen LogP contribution in [0.3, 0.4) is 0 Å². The maximum atomic E-state index is 10.8. The fourth-order valence-electron chi connectivity index (χ4n) is 1.56. The molecule has 9 heteroatoms. The molecule has 0 radical (unpaired) electrons. The van der Waals surface area contributed by atoms with Crippen LogP contribution in [-0.4, -0.2) is 73.7 Å². The van der Waals surface area contributed by atoms with Crippen molar-refractivity contribution >= 4 is 51.0 Å². The Labute approximate surface area is 144 Å². The van der Waals surface area contributed by atoms with Crippen molar-refractivity contribution in [1.82, 2.24) is 0 Å². The Balaban J connectivity index is 0.00000200. The van der Waals surface area contributed by atoms with Crippen molar-refractivity contribution in [1.29, 1.82) is 0 Å². The van der Waals surface area contributed by atoms with E-state index >= 15 is 0 Å². The second-order valence-electron chi connectivity index (χ2n) is 4.34. The molecule has 2 unspecified atom stereocenters. The van der Waals surface area contributed by atoms with Crippen LogP contribution in [0.4, 0.5) is 0 Å². The summed E-state index contributed by atoms with van der Waals surface area (Å²) >= 11 is 1.51. The average molecular weight is 332 g/mol. The predicted octanol–water partition coefficient (Wildman–Crippen LogP) is 0.922. The molecule has 6 nitrogen and oxygen atoms in total. The van der Waals surface area contributed by atoms with Crippen LogP contribution in [0.1, 0.15) is 13.3 Å². The second kappa shape index (κ2) is 7.98. The zero-order valence-corrected chi connectivity index (χ0v) is 12.1. The summed E-state index contributed by atoms with van der Waals surface area (Å²) in [6, 6.07) is 0. The summed E-state index contributed by atoms with van der Waals surface area (Å²) in [6.07, 6.45) is 0.0546. The topological polar surface area (TPSA) is 82.1 Å². The predicted molar refractivity (Wildman–Crippen MR) is 77.8 cm³/mol. The summed E-state index contributed by atoms with van der Waals surface area (Å²) in [5, 5.41) is 2.92. The molecule has 2 atom stereocenters. The summed E-state index contributed by atoms with van der Waals surface area (Å²) in [7, 11) is -3.98. The van der Waals surface area contributed by atoms with Crippen LogP contribution in [0.2, 0.25) is 0 Å². The summed E-state index contributed by atoms with van der Waals surface area (Å²) in [4.78, 5) is 0. The molecule has 0 fully saturated rings. The molecule has 0 bridgehead atoms. The maximum absolute atomic E-state index is 10.8. The Morgan fingerprint density at radius 2 is 2.20 bits per heavy atom. The van der Waals surface area contributed by atoms with Gasteiger partial charge in [0.15, 0.2) is 17.6 Å².